The molecule has 0 spiro atoms. The standard InChI is InChI=1S/C15H22N2O2/c1-2-4-13(14-10-16-7-8-17-14)11-5-3-6-12(9-11)15(18)19/h3,5-6,9,13-14,16-17H,2,4,7-8,10H2,1H3,(H,18,19). The van der Waals surface area contributed by atoms with E-state index in [1.165, 1.54) is 0 Å². The molecule has 1 aliphatic heterocycles. The van der Waals surface area contributed by atoms with E-state index >= 15 is 0 Å². The Kier molecular flexibility index (Phi) is 4.93. The Morgan fingerprint density at radius 1 is 1.47 bits per heavy atom. The summed E-state index contributed by atoms with van der Waals surface area (Å²) in [5.74, 6) is -0.482. The van der Waals surface area contributed by atoms with Crippen molar-refractivity contribution in [2.24, 2.45) is 0 Å². The molecule has 1 aliphatic rings. The van der Waals surface area contributed by atoms with Crippen LogP contribution in [0, 0.1) is 0 Å². The summed E-state index contributed by atoms with van der Waals surface area (Å²) in [7, 11) is 0. The van der Waals surface area contributed by atoms with Gasteiger partial charge in [-0.25, -0.2) is 4.79 Å². The molecule has 1 fully saturated rings. The van der Waals surface area contributed by atoms with Gasteiger partial charge in [0.2, 0.25) is 0 Å². The fraction of sp³-hybridized carbons (Fsp3) is 0.533. The van der Waals surface area contributed by atoms with Gasteiger partial charge in [-0.3, -0.25) is 0 Å². The van der Waals surface area contributed by atoms with Crippen LogP contribution in [0.5, 0.6) is 0 Å². The van der Waals surface area contributed by atoms with Crippen LogP contribution in [-0.4, -0.2) is 36.8 Å². The third-order valence-corrected chi connectivity index (χ3v) is 3.72. The highest BCUT2D eigenvalue weighted by molar-refractivity contribution is 5.87. The number of rotatable bonds is 5. The molecule has 0 aliphatic carbocycles. The Hall–Kier alpha value is -1.39. The first-order chi connectivity index (χ1) is 9.22. The fourth-order valence-electron chi connectivity index (χ4n) is 2.77. The molecule has 4 nitrogen and oxygen atoms in total. The first-order valence-corrected chi connectivity index (χ1v) is 6.99. The molecule has 1 aromatic rings. The maximum absolute atomic E-state index is 11.1. The smallest absolute Gasteiger partial charge is 0.335 e. The third-order valence-electron chi connectivity index (χ3n) is 3.72. The van der Waals surface area contributed by atoms with E-state index in [4.69, 9.17) is 5.11 Å². The highest BCUT2D eigenvalue weighted by atomic mass is 16.4. The Bertz CT molecular complexity index is 428. The minimum Gasteiger partial charge on any atom is -0.478 e. The second kappa shape index (κ2) is 6.68. The van der Waals surface area contributed by atoms with Gasteiger partial charge in [0.25, 0.3) is 0 Å². The molecule has 2 unspecified atom stereocenters. The minimum absolute atomic E-state index is 0.372. The van der Waals surface area contributed by atoms with Crippen molar-refractivity contribution in [2.45, 2.75) is 31.7 Å². The quantitative estimate of drug-likeness (QED) is 0.757. The first-order valence-electron chi connectivity index (χ1n) is 6.99. The predicted molar refractivity (Wildman–Crippen MR) is 75.7 cm³/mol. The molecule has 2 atom stereocenters. The number of nitrogens with one attached hydrogen (secondary N) is 2. The van der Waals surface area contributed by atoms with E-state index in [1.54, 1.807) is 6.07 Å². The van der Waals surface area contributed by atoms with Gasteiger partial charge in [0, 0.05) is 31.6 Å². The molecule has 0 saturated carbocycles. The van der Waals surface area contributed by atoms with Gasteiger partial charge in [-0.05, 0) is 24.1 Å². The topological polar surface area (TPSA) is 61.4 Å². The highest BCUT2D eigenvalue weighted by Crippen LogP contribution is 2.26. The van der Waals surface area contributed by atoms with E-state index < -0.39 is 5.97 Å². The van der Waals surface area contributed by atoms with Crippen LogP contribution >= 0.6 is 0 Å². The van der Waals surface area contributed by atoms with Crippen LogP contribution in [0.1, 0.15) is 41.6 Å². The minimum atomic E-state index is -0.855. The zero-order valence-corrected chi connectivity index (χ0v) is 11.4. The lowest BCUT2D eigenvalue weighted by Gasteiger charge is -2.32. The van der Waals surface area contributed by atoms with Crippen LogP contribution in [0.15, 0.2) is 24.3 Å². The van der Waals surface area contributed by atoms with Gasteiger partial charge in [0.1, 0.15) is 0 Å². The maximum Gasteiger partial charge on any atom is 0.335 e. The molecule has 0 bridgehead atoms. The molecule has 0 radical (unpaired) electrons. The molecule has 0 aromatic heterocycles. The number of piperazine rings is 1. The van der Waals surface area contributed by atoms with E-state index in [9.17, 15) is 4.79 Å². The lowest BCUT2D eigenvalue weighted by molar-refractivity contribution is 0.0696. The normalized spacial score (nSPS) is 21.0. The molecule has 1 saturated heterocycles. The number of carboxylic acids is 1. The summed E-state index contributed by atoms with van der Waals surface area (Å²) in [5, 5.41) is 16.0. The molecule has 1 aromatic carbocycles. The SMILES string of the molecule is CCCC(c1cccc(C(=O)O)c1)C1CNCCN1. The number of carbonyl (C=O) groups is 1. The lowest BCUT2D eigenvalue weighted by Crippen LogP contribution is -2.51. The molecule has 3 N–H and O–H groups in total. The van der Waals surface area contributed by atoms with Gasteiger partial charge in [0.05, 0.1) is 5.56 Å². The van der Waals surface area contributed by atoms with Crippen molar-refractivity contribution in [1.29, 1.82) is 0 Å². The molecular formula is C15H22N2O2. The summed E-state index contributed by atoms with van der Waals surface area (Å²) in [6.07, 6.45) is 2.17. The summed E-state index contributed by atoms with van der Waals surface area (Å²) >= 11 is 0. The van der Waals surface area contributed by atoms with Gasteiger partial charge >= 0.3 is 5.97 Å². The zero-order valence-electron chi connectivity index (χ0n) is 11.4. The van der Waals surface area contributed by atoms with Crippen LogP contribution in [0.2, 0.25) is 0 Å². The summed E-state index contributed by atoms with van der Waals surface area (Å²) in [5.41, 5.74) is 1.50. The summed E-state index contributed by atoms with van der Waals surface area (Å²) in [4.78, 5) is 11.1. The molecule has 4 heteroatoms. The lowest BCUT2D eigenvalue weighted by atomic mass is 9.86. The van der Waals surface area contributed by atoms with Crippen molar-refractivity contribution >= 4 is 5.97 Å². The second-order valence-electron chi connectivity index (χ2n) is 5.09. The number of carboxylic acid groups (broad SMARTS) is 1. The summed E-state index contributed by atoms with van der Waals surface area (Å²) in [6, 6.07) is 7.75. The van der Waals surface area contributed by atoms with E-state index in [0.29, 0.717) is 17.5 Å². The number of hydrogen-bond donors (Lipinski definition) is 3. The Balaban J connectivity index is 2.22. The van der Waals surface area contributed by atoms with Gasteiger partial charge in [-0.2, -0.15) is 0 Å². The fourth-order valence-corrected chi connectivity index (χ4v) is 2.77. The zero-order chi connectivity index (χ0) is 13.7. The molecular weight excluding hydrogens is 240 g/mol. The van der Waals surface area contributed by atoms with Crippen molar-refractivity contribution < 1.29 is 9.90 Å². The van der Waals surface area contributed by atoms with Crippen LogP contribution in [0.3, 0.4) is 0 Å². The van der Waals surface area contributed by atoms with Crippen molar-refractivity contribution in [2.75, 3.05) is 19.6 Å². The van der Waals surface area contributed by atoms with Crippen molar-refractivity contribution in [3.63, 3.8) is 0 Å². The first kappa shape index (κ1) is 14.0. The Labute approximate surface area is 114 Å². The molecule has 19 heavy (non-hydrogen) atoms. The summed E-state index contributed by atoms with van der Waals surface area (Å²) < 4.78 is 0. The molecule has 0 amide bonds. The number of aromatic carboxylic acids is 1. The second-order valence-corrected chi connectivity index (χ2v) is 5.09. The van der Waals surface area contributed by atoms with E-state index in [1.807, 2.05) is 18.2 Å². The van der Waals surface area contributed by atoms with E-state index in [-0.39, 0.29) is 0 Å². The van der Waals surface area contributed by atoms with Crippen molar-refractivity contribution in [3.05, 3.63) is 35.4 Å². The predicted octanol–water partition coefficient (Wildman–Crippen LogP) is 1.83. The highest BCUT2D eigenvalue weighted by Gasteiger charge is 2.24. The monoisotopic (exact) mass is 262 g/mol. The number of hydrogen-bond acceptors (Lipinski definition) is 3. The number of benzene rings is 1. The average Bonchev–Trinajstić information content (AvgIpc) is 2.46. The Morgan fingerprint density at radius 2 is 2.32 bits per heavy atom. The molecule has 1 heterocycles. The molecule has 2 rings (SSSR count). The van der Waals surface area contributed by atoms with Gasteiger partial charge < -0.3 is 15.7 Å². The summed E-state index contributed by atoms with van der Waals surface area (Å²) in [6.45, 7) is 5.10. The third kappa shape index (κ3) is 3.55. The van der Waals surface area contributed by atoms with Crippen molar-refractivity contribution in [1.82, 2.24) is 10.6 Å². The van der Waals surface area contributed by atoms with E-state index in [2.05, 4.69) is 17.6 Å². The largest absolute Gasteiger partial charge is 0.478 e. The van der Waals surface area contributed by atoms with Crippen molar-refractivity contribution in [3.8, 4) is 0 Å². The average molecular weight is 262 g/mol. The Morgan fingerprint density at radius 3 is 2.95 bits per heavy atom. The maximum atomic E-state index is 11.1. The van der Waals surface area contributed by atoms with Gasteiger partial charge in [-0.15, -0.1) is 0 Å². The van der Waals surface area contributed by atoms with Gasteiger partial charge in [0.15, 0.2) is 0 Å². The van der Waals surface area contributed by atoms with Crippen LogP contribution < -0.4 is 10.6 Å². The van der Waals surface area contributed by atoms with Crippen LogP contribution in [-0.2, 0) is 0 Å². The van der Waals surface area contributed by atoms with Crippen LogP contribution in [0.4, 0.5) is 0 Å². The molecule has 104 valence electrons. The van der Waals surface area contributed by atoms with Crippen LogP contribution in [0.25, 0.3) is 0 Å². The van der Waals surface area contributed by atoms with Gasteiger partial charge in [-0.1, -0.05) is 25.5 Å². The van der Waals surface area contributed by atoms with E-state index in [0.717, 1.165) is 38.0 Å².